The highest BCUT2D eigenvalue weighted by molar-refractivity contribution is 8.00. The third-order valence-electron chi connectivity index (χ3n) is 4.47. The molecular formula is C18H25N5OS. The summed E-state index contributed by atoms with van der Waals surface area (Å²) < 4.78 is 2.12. The van der Waals surface area contributed by atoms with Crippen LogP contribution in [0.25, 0.3) is 0 Å². The van der Waals surface area contributed by atoms with Gasteiger partial charge in [-0.1, -0.05) is 48.5 Å². The summed E-state index contributed by atoms with van der Waals surface area (Å²) >= 11 is 1.38. The number of nitrogens with zero attached hydrogens (tertiary/aromatic N) is 4. The van der Waals surface area contributed by atoms with E-state index in [1.165, 1.54) is 36.6 Å². The van der Waals surface area contributed by atoms with Gasteiger partial charge in [0.2, 0.25) is 5.91 Å². The minimum absolute atomic E-state index is 0.332. The van der Waals surface area contributed by atoms with Crippen LogP contribution < -0.4 is 5.73 Å². The SMILES string of the molecule is CC(Sc1nnc(CN2CCCCC2)n1Cc1ccccc1)C(N)=O. The molecule has 1 unspecified atom stereocenters. The van der Waals surface area contributed by atoms with Crippen molar-refractivity contribution in [3.8, 4) is 0 Å². The van der Waals surface area contributed by atoms with Gasteiger partial charge in [0.05, 0.1) is 18.3 Å². The quantitative estimate of drug-likeness (QED) is 0.768. The average Bonchev–Trinajstić information content (AvgIpc) is 2.98. The number of aromatic nitrogens is 3. The van der Waals surface area contributed by atoms with Gasteiger partial charge in [-0.2, -0.15) is 0 Å². The summed E-state index contributed by atoms with van der Waals surface area (Å²) in [7, 11) is 0. The van der Waals surface area contributed by atoms with Crippen LogP contribution in [0, 0.1) is 0 Å². The number of primary amides is 1. The number of carbonyl (C=O) groups is 1. The molecule has 134 valence electrons. The molecule has 1 saturated heterocycles. The maximum atomic E-state index is 11.4. The van der Waals surface area contributed by atoms with Crippen molar-refractivity contribution in [3.05, 3.63) is 41.7 Å². The third kappa shape index (κ3) is 4.83. The molecule has 1 atom stereocenters. The Labute approximate surface area is 152 Å². The summed E-state index contributed by atoms with van der Waals surface area (Å²) in [5.41, 5.74) is 6.61. The molecule has 3 rings (SSSR count). The zero-order valence-corrected chi connectivity index (χ0v) is 15.4. The third-order valence-corrected chi connectivity index (χ3v) is 5.57. The van der Waals surface area contributed by atoms with Crippen LogP contribution in [0.4, 0.5) is 0 Å². The maximum absolute atomic E-state index is 11.4. The van der Waals surface area contributed by atoms with E-state index >= 15 is 0 Å². The highest BCUT2D eigenvalue weighted by atomic mass is 32.2. The summed E-state index contributed by atoms with van der Waals surface area (Å²) in [6.45, 7) is 5.52. The largest absolute Gasteiger partial charge is 0.369 e. The number of thioether (sulfide) groups is 1. The summed E-state index contributed by atoms with van der Waals surface area (Å²) in [6.07, 6.45) is 3.80. The summed E-state index contributed by atoms with van der Waals surface area (Å²) in [5, 5.41) is 9.18. The van der Waals surface area contributed by atoms with Gasteiger partial charge in [0.15, 0.2) is 5.16 Å². The van der Waals surface area contributed by atoms with Crippen LogP contribution in [-0.4, -0.2) is 43.9 Å². The minimum Gasteiger partial charge on any atom is -0.369 e. The fourth-order valence-electron chi connectivity index (χ4n) is 2.98. The zero-order chi connectivity index (χ0) is 17.6. The molecule has 7 heteroatoms. The van der Waals surface area contributed by atoms with Crippen molar-refractivity contribution in [1.82, 2.24) is 19.7 Å². The number of hydrogen-bond donors (Lipinski definition) is 1. The monoisotopic (exact) mass is 359 g/mol. The van der Waals surface area contributed by atoms with Crippen molar-refractivity contribution in [3.63, 3.8) is 0 Å². The minimum atomic E-state index is -0.336. The van der Waals surface area contributed by atoms with E-state index in [1.54, 1.807) is 6.92 Å². The molecule has 0 spiro atoms. The van der Waals surface area contributed by atoms with Crippen LogP contribution in [-0.2, 0) is 17.9 Å². The molecule has 1 aromatic carbocycles. The lowest BCUT2D eigenvalue weighted by Gasteiger charge is -2.26. The van der Waals surface area contributed by atoms with E-state index in [1.807, 2.05) is 18.2 Å². The molecule has 6 nitrogen and oxygen atoms in total. The second-order valence-corrected chi connectivity index (χ2v) is 7.78. The van der Waals surface area contributed by atoms with Crippen LogP contribution in [0.5, 0.6) is 0 Å². The van der Waals surface area contributed by atoms with Crippen molar-refractivity contribution in [2.75, 3.05) is 13.1 Å². The fourth-order valence-corrected chi connectivity index (χ4v) is 3.80. The Balaban J connectivity index is 1.83. The Morgan fingerprint density at radius 1 is 1.16 bits per heavy atom. The molecule has 1 aliphatic rings. The van der Waals surface area contributed by atoms with E-state index in [0.29, 0.717) is 6.54 Å². The molecule has 1 amide bonds. The van der Waals surface area contributed by atoms with E-state index in [2.05, 4.69) is 31.8 Å². The van der Waals surface area contributed by atoms with Gasteiger partial charge in [-0.15, -0.1) is 10.2 Å². The van der Waals surface area contributed by atoms with Crippen LogP contribution in [0.3, 0.4) is 0 Å². The van der Waals surface area contributed by atoms with Crippen LogP contribution >= 0.6 is 11.8 Å². The number of amides is 1. The second-order valence-electron chi connectivity index (χ2n) is 6.47. The Kier molecular flexibility index (Phi) is 6.09. The first-order valence-electron chi connectivity index (χ1n) is 8.78. The van der Waals surface area contributed by atoms with E-state index in [4.69, 9.17) is 5.73 Å². The standard InChI is InChI=1S/C18H25N5OS/c1-14(17(19)24)25-18-21-20-16(13-22-10-6-3-7-11-22)23(18)12-15-8-4-2-5-9-15/h2,4-5,8-9,14H,3,6-7,10-13H2,1H3,(H2,19,24). The highest BCUT2D eigenvalue weighted by Crippen LogP contribution is 2.24. The highest BCUT2D eigenvalue weighted by Gasteiger charge is 2.20. The number of nitrogens with two attached hydrogens (primary N) is 1. The van der Waals surface area contributed by atoms with Gasteiger partial charge in [-0.25, -0.2) is 0 Å². The van der Waals surface area contributed by atoms with Crippen LogP contribution in [0.2, 0.25) is 0 Å². The summed E-state index contributed by atoms with van der Waals surface area (Å²) in [6, 6.07) is 10.3. The van der Waals surface area contributed by atoms with Gasteiger partial charge in [0.1, 0.15) is 5.82 Å². The Hall–Kier alpha value is -1.86. The molecule has 1 fully saturated rings. The lowest BCUT2D eigenvalue weighted by atomic mass is 10.1. The molecular weight excluding hydrogens is 334 g/mol. The lowest BCUT2D eigenvalue weighted by Crippen LogP contribution is -2.30. The Bertz CT molecular complexity index is 697. The first kappa shape index (κ1) is 17.9. The first-order chi connectivity index (χ1) is 12.1. The van der Waals surface area contributed by atoms with E-state index in [-0.39, 0.29) is 11.2 Å². The maximum Gasteiger partial charge on any atom is 0.230 e. The predicted molar refractivity (Wildman–Crippen MR) is 99.2 cm³/mol. The van der Waals surface area contributed by atoms with Crippen molar-refractivity contribution >= 4 is 17.7 Å². The lowest BCUT2D eigenvalue weighted by molar-refractivity contribution is -0.117. The summed E-state index contributed by atoms with van der Waals surface area (Å²) in [4.78, 5) is 13.9. The van der Waals surface area contributed by atoms with Crippen molar-refractivity contribution in [1.29, 1.82) is 0 Å². The first-order valence-corrected chi connectivity index (χ1v) is 9.66. The molecule has 2 aromatic rings. The average molecular weight is 359 g/mol. The smallest absolute Gasteiger partial charge is 0.230 e. The van der Waals surface area contributed by atoms with Gasteiger partial charge >= 0.3 is 0 Å². The van der Waals surface area contributed by atoms with Gasteiger partial charge in [-0.3, -0.25) is 9.69 Å². The Morgan fingerprint density at radius 3 is 2.56 bits per heavy atom. The molecule has 0 bridgehead atoms. The molecule has 0 aliphatic carbocycles. The second kappa shape index (κ2) is 8.49. The van der Waals surface area contributed by atoms with Crippen LogP contribution in [0.15, 0.2) is 35.5 Å². The predicted octanol–water partition coefficient (Wildman–Crippen LogP) is 2.28. The van der Waals surface area contributed by atoms with Gasteiger partial charge in [0, 0.05) is 0 Å². The van der Waals surface area contributed by atoms with E-state index < -0.39 is 0 Å². The zero-order valence-electron chi connectivity index (χ0n) is 14.6. The van der Waals surface area contributed by atoms with Gasteiger partial charge in [0.25, 0.3) is 0 Å². The molecule has 1 aromatic heterocycles. The molecule has 0 saturated carbocycles. The van der Waals surface area contributed by atoms with E-state index in [9.17, 15) is 4.79 Å². The number of likely N-dealkylation sites (tertiary alicyclic amines) is 1. The Morgan fingerprint density at radius 2 is 1.88 bits per heavy atom. The molecule has 2 heterocycles. The molecule has 0 radical (unpaired) electrons. The fraction of sp³-hybridized carbons (Fsp3) is 0.500. The number of piperidine rings is 1. The number of carbonyl (C=O) groups excluding carboxylic acids is 1. The molecule has 2 N–H and O–H groups in total. The van der Waals surface area contributed by atoms with Gasteiger partial charge in [-0.05, 0) is 38.4 Å². The van der Waals surface area contributed by atoms with Gasteiger partial charge < -0.3 is 10.3 Å². The number of benzene rings is 1. The normalized spacial score (nSPS) is 16.7. The molecule has 25 heavy (non-hydrogen) atoms. The van der Waals surface area contributed by atoms with E-state index in [0.717, 1.165) is 30.6 Å². The number of hydrogen-bond acceptors (Lipinski definition) is 5. The van der Waals surface area contributed by atoms with Crippen molar-refractivity contribution < 1.29 is 4.79 Å². The topological polar surface area (TPSA) is 77.0 Å². The van der Waals surface area contributed by atoms with Crippen molar-refractivity contribution in [2.45, 2.75) is 49.7 Å². The molecule has 1 aliphatic heterocycles. The van der Waals surface area contributed by atoms with Crippen molar-refractivity contribution in [2.24, 2.45) is 5.73 Å². The van der Waals surface area contributed by atoms with Crippen LogP contribution in [0.1, 0.15) is 37.6 Å². The summed E-state index contributed by atoms with van der Waals surface area (Å²) in [5.74, 6) is 0.613. The number of rotatable bonds is 7.